The number of hydrogen-bond donors (Lipinski definition) is 4. The normalized spacial score (nSPS) is 12.9. The van der Waals surface area contributed by atoms with E-state index in [1.165, 1.54) is 0 Å². The molecule has 1 aliphatic carbocycles. The van der Waals surface area contributed by atoms with Crippen LogP contribution in [0.1, 0.15) is 22.3 Å². The molecule has 6 aromatic rings. The minimum Gasteiger partial charge on any atom is -0.487 e. The molecule has 250 valence electrons. The Morgan fingerprint density at radius 1 is 0.367 bits per heavy atom. The van der Waals surface area contributed by atoms with Gasteiger partial charge in [-0.3, -0.25) is 0 Å². The van der Waals surface area contributed by atoms with Gasteiger partial charge in [0, 0.05) is 10.8 Å². The summed E-state index contributed by atoms with van der Waals surface area (Å²) in [6.07, 6.45) is 0. The zero-order valence-electron chi connectivity index (χ0n) is 27.0. The minimum absolute atomic E-state index is 0.0796. The Bertz CT molecular complexity index is 1960. The number of ether oxygens (including phenoxy) is 4. The molecule has 0 radical (unpaired) electrons. The topological polar surface area (TPSA) is 118 Å². The molecule has 7 rings (SSSR count). The zero-order valence-corrected chi connectivity index (χ0v) is 27.0. The highest BCUT2D eigenvalue weighted by molar-refractivity contribution is 6.02. The van der Waals surface area contributed by atoms with E-state index in [2.05, 4.69) is 60.7 Å². The van der Waals surface area contributed by atoms with Crippen LogP contribution in [0.3, 0.4) is 0 Å². The van der Waals surface area contributed by atoms with Gasteiger partial charge < -0.3 is 39.4 Å². The van der Waals surface area contributed by atoms with Gasteiger partial charge in [-0.2, -0.15) is 0 Å². The van der Waals surface area contributed by atoms with Crippen LogP contribution >= 0.6 is 0 Å². The molecule has 0 saturated heterocycles. The molecule has 0 heterocycles. The van der Waals surface area contributed by atoms with Crippen molar-refractivity contribution >= 4 is 21.5 Å². The molecule has 0 fully saturated rings. The van der Waals surface area contributed by atoms with Crippen molar-refractivity contribution in [3.8, 4) is 34.1 Å². The molecular formula is C41H38O8. The second-order valence-electron chi connectivity index (χ2n) is 11.7. The summed E-state index contributed by atoms with van der Waals surface area (Å²) in [6, 6.07) is 37.1. The van der Waals surface area contributed by atoms with Gasteiger partial charge in [0.05, 0.1) is 31.8 Å². The van der Waals surface area contributed by atoms with Crippen LogP contribution in [0.4, 0.5) is 0 Å². The van der Waals surface area contributed by atoms with Crippen molar-refractivity contribution in [2.45, 2.75) is 5.41 Å². The summed E-state index contributed by atoms with van der Waals surface area (Å²) in [5.41, 5.74) is 5.74. The minimum atomic E-state index is -0.810. The van der Waals surface area contributed by atoms with Crippen molar-refractivity contribution in [3.63, 3.8) is 0 Å². The van der Waals surface area contributed by atoms with E-state index in [1.54, 1.807) is 0 Å². The van der Waals surface area contributed by atoms with Gasteiger partial charge in [-0.15, -0.1) is 0 Å². The third-order valence-electron chi connectivity index (χ3n) is 9.09. The van der Waals surface area contributed by atoms with Crippen LogP contribution in [-0.4, -0.2) is 73.3 Å². The molecule has 0 aliphatic heterocycles. The number of aliphatic hydroxyl groups is 4. The number of hydrogen-bond acceptors (Lipinski definition) is 8. The van der Waals surface area contributed by atoms with Gasteiger partial charge in [0.25, 0.3) is 0 Å². The van der Waals surface area contributed by atoms with Crippen LogP contribution in [0.2, 0.25) is 0 Å². The quantitative estimate of drug-likeness (QED) is 0.115. The van der Waals surface area contributed by atoms with E-state index in [0.717, 1.165) is 54.9 Å². The maximum atomic E-state index is 9.70. The molecule has 0 atom stereocenters. The molecule has 6 aromatic carbocycles. The molecule has 0 saturated carbocycles. The second kappa shape index (κ2) is 14.2. The Morgan fingerprint density at radius 3 is 1.18 bits per heavy atom. The second-order valence-corrected chi connectivity index (χ2v) is 11.7. The van der Waals surface area contributed by atoms with Crippen LogP contribution in [0.15, 0.2) is 109 Å². The molecule has 0 aromatic heterocycles. The lowest BCUT2D eigenvalue weighted by molar-refractivity contribution is 0.179. The molecule has 8 nitrogen and oxygen atoms in total. The lowest BCUT2D eigenvalue weighted by Crippen LogP contribution is -2.29. The lowest BCUT2D eigenvalue weighted by Gasteiger charge is -2.36. The van der Waals surface area contributed by atoms with E-state index in [9.17, 15) is 20.4 Å². The first-order valence-electron chi connectivity index (χ1n) is 16.5. The number of fused-ring (bicyclic) bond motifs is 5. The van der Waals surface area contributed by atoms with Crippen LogP contribution in [0, 0.1) is 0 Å². The summed E-state index contributed by atoms with van der Waals surface area (Å²) >= 11 is 0. The Kier molecular flexibility index (Phi) is 9.37. The summed E-state index contributed by atoms with van der Waals surface area (Å²) in [5.74, 6) is 1.97. The fourth-order valence-electron chi connectivity index (χ4n) is 7.37. The monoisotopic (exact) mass is 658 g/mol. The summed E-state index contributed by atoms with van der Waals surface area (Å²) in [5, 5.41) is 41.9. The Balaban J connectivity index is 1.60. The average Bonchev–Trinajstić information content (AvgIpc) is 3.45. The Labute approximate surface area is 284 Å². The van der Waals surface area contributed by atoms with Gasteiger partial charge in [0.15, 0.2) is 23.0 Å². The van der Waals surface area contributed by atoms with E-state index in [4.69, 9.17) is 18.9 Å². The van der Waals surface area contributed by atoms with Crippen LogP contribution < -0.4 is 18.9 Å². The van der Waals surface area contributed by atoms with Crippen molar-refractivity contribution in [1.29, 1.82) is 0 Å². The van der Waals surface area contributed by atoms with Crippen molar-refractivity contribution < 1.29 is 39.4 Å². The smallest absolute Gasteiger partial charge is 0.169 e. The third-order valence-corrected chi connectivity index (χ3v) is 9.09. The maximum Gasteiger partial charge on any atom is 0.169 e. The number of aliphatic hydroxyl groups excluding tert-OH is 4. The summed E-state index contributed by atoms with van der Waals surface area (Å²) in [7, 11) is 0. The van der Waals surface area contributed by atoms with E-state index >= 15 is 0 Å². The Morgan fingerprint density at radius 2 is 0.755 bits per heavy atom. The highest BCUT2D eigenvalue weighted by Gasteiger charge is 2.47. The van der Waals surface area contributed by atoms with Crippen LogP contribution in [-0.2, 0) is 5.41 Å². The van der Waals surface area contributed by atoms with Gasteiger partial charge in [0.1, 0.15) is 26.4 Å². The molecule has 0 bridgehead atoms. The van der Waals surface area contributed by atoms with E-state index in [0.29, 0.717) is 23.0 Å². The van der Waals surface area contributed by atoms with Crippen LogP contribution in [0.5, 0.6) is 23.0 Å². The number of rotatable bonds is 14. The van der Waals surface area contributed by atoms with Crippen molar-refractivity contribution in [2.75, 3.05) is 52.9 Å². The molecular weight excluding hydrogens is 620 g/mol. The first-order valence-corrected chi connectivity index (χ1v) is 16.5. The largest absolute Gasteiger partial charge is 0.487 e. The first kappa shape index (κ1) is 32.4. The summed E-state index contributed by atoms with van der Waals surface area (Å²) in [6.45, 7) is -0.259. The fourth-order valence-corrected chi connectivity index (χ4v) is 7.37. The highest BCUT2D eigenvalue weighted by atomic mass is 16.5. The predicted octanol–water partition coefficient (Wildman–Crippen LogP) is 5.84. The van der Waals surface area contributed by atoms with Crippen molar-refractivity contribution in [2.24, 2.45) is 0 Å². The SMILES string of the molecule is OCCOc1ccc2c(C3(c4cccc5c(OCCO)c(OCCO)ccc45)c4ccccc4-c4ccccc43)cccc2c1OCCO. The van der Waals surface area contributed by atoms with Gasteiger partial charge in [-0.05, 0) is 56.3 Å². The average molecular weight is 659 g/mol. The van der Waals surface area contributed by atoms with E-state index in [1.807, 2.05) is 48.5 Å². The molecule has 1 aliphatic rings. The molecule has 49 heavy (non-hydrogen) atoms. The van der Waals surface area contributed by atoms with Gasteiger partial charge in [-0.25, -0.2) is 0 Å². The summed E-state index contributed by atoms with van der Waals surface area (Å²) < 4.78 is 24.1. The molecule has 4 N–H and O–H groups in total. The van der Waals surface area contributed by atoms with E-state index in [-0.39, 0.29) is 52.9 Å². The molecule has 0 unspecified atom stereocenters. The highest BCUT2D eigenvalue weighted by Crippen LogP contribution is 2.59. The first-order chi connectivity index (χ1) is 24.2. The predicted molar refractivity (Wildman–Crippen MR) is 189 cm³/mol. The van der Waals surface area contributed by atoms with Gasteiger partial charge >= 0.3 is 0 Å². The maximum absolute atomic E-state index is 9.70. The van der Waals surface area contributed by atoms with Gasteiger partial charge in [-0.1, -0.05) is 97.1 Å². The number of benzene rings is 6. The zero-order chi connectivity index (χ0) is 33.8. The molecule has 0 spiro atoms. The van der Waals surface area contributed by atoms with Crippen molar-refractivity contribution in [3.05, 3.63) is 131 Å². The van der Waals surface area contributed by atoms with Crippen molar-refractivity contribution in [1.82, 2.24) is 0 Å². The third kappa shape index (κ3) is 5.43. The van der Waals surface area contributed by atoms with Crippen LogP contribution in [0.25, 0.3) is 32.7 Å². The molecule has 8 heteroatoms. The Hall–Kier alpha value is -5.12. The fraction of sp³-hybridized carbons (Fsp3) is 0.220. The van der Waals surface area contributed by atoms with E-state index < -0.39 is 5.41 Å². The van der Waals surface area contributed by atoms with Gasteiger partial charge in [0.2, 0.25) is 0 Å². The molecule has 0 amide bonds. The summed E-state index contributed by atoms with van der Waals surface area (Å²) in [4.78, 5) is 0. The lowest BCUT2D eigenvalue weighted by atomic mass is 9.65. The standard InChI is InChI=1S/C41H38O8/c42-19-23-46-37-17-15-29-31(39(37)48-25-21-44)9-5-13-35(29)41(33-11-3-1-7-27(33)28-8-2-4-12-34(28)41)36-14-6-10-32-30(36)16-18-38(47-24-20-43)40(32)49-26-22-45/h1-18,42-45H,19-26H2.